The average Bonchev–Trinajstić information content (AvgIpc) is 2.33. The first-order valence-corrected chi connectivity index (χ1v) is 5.63. The van der Waals surface area contributed by atoms with E-state index in [2.05, 4.69) is 22.2 Å². The average molecular weight is 363 g/mol. The maximum absolute atomic E-state index is 12.9. The highest BCUT2D eigenvalue weighted by atomic mass is 127. The largest absolute Gasteiger partial charge is 0.357 e. The summed E-state index contributed by atoms with van der Waals surface area (Å²) < 4.78 is 12.9. The Balaban J connectivity index is 0.00000289. The molecule has 5 heteroatoms. The highest BCUT2D eigenvalue weighted by Crippen LogP contribution is 2.04. The van der Waals surface area contributed by atoms with Crippen molar-refractivity contribution in [2.45, 2.75) is 13.5 Å². The molecule has 100 valence electrons. The maximum Gasteiger partial charge on any atom is 0.191 e. The van der Waals surface area contributed by atoms with Crippen molar-refractivity contribution in [3.63, 3.8) is 0 Å². The van der Waals surface area contributed by atoms with Gasteiger partial charge in [0.15, 0.2) is 5.96 Å². The van der Waals surface area contributed by atoms with Crippen LogP contribution in [0.25, 0.3) is 0 Å². The molecule has 18 heavy (non-hydrogen) atoms. The Morgan fingerprint density at radius 3 is 2.83 bits per heavy atom. The topological polar surface area (TPSA) is 36.4 Å². The van der Waals surface area contributed by atoms with Crippen molar-refractivity contribution in [1.29, 1.82) is 0 Å². The Morgan fingerprint density at radius 2 is 2.22 bits per heavy atom. The fourth-order valence-electron chi connectivity index (χ4n) is 1.32. The van der Waals surface area contributed by atoms with Crippen molar-refractivity contribution >= 4 is 29.9 Å². The van der Waals surface area contributed by atoms with Crippen molar-refractivity contribution in [3.8, 4) is 0 Å². The Labute approximate surface area is 125 Å². The zero-order chi connectivity index (χ0) is 12.5. The number of aliphatic imine (C=N–C) groups is 1. The van der Waals surface area contributed by atoms with Crippen LogP contribution in [0, 0.1) is 5.82 Å². The molecule has 0 fully saturated rings. The predicted molar refractivity (Wildman–Crippen MR) is 84.8 cm³/mol. The second-order valence-corrected chi connectivity index (χ2v) is 3.49. The number of guanidine groups is 1. The van der Waals surface area contributed by atoms with E-state index in [0.29, 0.717) is 19.0 Å². The maximum atomic E-state index is 12.9. The van der Waals surface area contributed by atoms with Crippen LogP contribution < -0.4 is 10.6 Å². The summed E-state index contributed by atoms with van der Waals surface area (Å²) in [6.07, 6.45) is 1.76. The van der Waals surface area contributed by atoms with Gasteiger partial charge in [0.2, 0.25) is 0 Å². The third-order valence-corrected chi connectivity index (χ3v) is 2.07. The van der Waals surface area contributed by atoms with E-state index in [1.807, 2.05) is 13.0 Å². The third-order valence-electron chi connectivity index (χ3n) is 2.07. The van der Waals surface area contributed by atoms with Crippen molar-refractivity contribution in [2.24, 2.45) is 4.99 Å². The SMILES string of the molecule is C=CCNC(=NCc1cccc(F)c1)NCC.I. The van der Waals surface area contributed by atoms with Crippen LogP contribution in [0.3, 0.4) is 0 Å². The van der Waals surface area contributed by atoms with Gasteiger partial charge in [0, 0.05) is 13.1 Å². The number of rotatable bonds is 5. The number of benzene rings is 1. The Bertz CT molecular complexity index is 394. The lowest BCUT2D eigenvalue weighted by atomic mass is 10.2. The number of nitrogens with zero attached hydrogens (tertiary/aromatic N) is 1. The summed E-state index contributed by atoms with van der Waals surface area (Å²) in [4.78, 5) is 4.34. The molecule has 0 heterocycles. The predicted octanol–water partition coefficient (Wildman–Crippen LogP) is 2.68. The van der Waals surface area contributed by atoms with Crippen LogP contribution >= 0.6 is 24.0 Å². The standard InChI is InChI=1S/C13H18FN3.HI/c1-3-8-16-13(15-4-2)17-10-11-6-5-7-12(14)9-11;/h3,5-7,9H,1,4,8,10H2,2H3,(H2,15,16,17);1H. The van der Waals surface area contributed by atoms with Gasteiger partial charge < -0.3 is 10.6 Å². The van der Waals surface area contributed by atoms with Crippen LogP contribution in [0.15, 0.2) is 41.9 Å². The van der Waals surface area contributed by atoms with Gasteiger partial charge in [-0.25, -0.2) is 9.38 Å². The first kappa shape index (κ1) is 16.9. The zero-order valence-electron chi connectivity index (χ0n) is 10.4. The minimum absolute atomic E-state index is 0. The molecule has 1 rings (SSSR count). The van der Waals surface area contributed by atoms with Crippen molar-refractivity contribution in [2.75, 3.05) is 13.1 Å². The van der Waals surface area contributed by atoms with E-state index in [1.165, 1.54) is 12.1 Å². The van der Waals surface area contributed by atoms with Crippen molar-refractivity contribution < 1.29 is 4.39 Å². The van der Waals surface area contributed by atoms with E-state index in [1.54, 1.807) is 12.1 Å². The summed E-state index contributed by atoms with van der Waals surface area (Å²) in [5.41, 5.74) is 0.848. The molecule has 0 aromatic heterocycles. The third kappa shape index (κ3) is 6.58. The molecule has 0 atom stereocenters. The van der Waals surface area contributed by atoms with Gasteiger partial charge in [0.25, 0.3) is 0 Å². The smallest absolute Gasteiger partial charge is 0.191 e. The monoisotopic (exact) mass is 363 g/mol. The molecule has 1 aromatic rings. The van der Waals surface area contributed by atoms with E-state index in [0.717, 1.165) is 12.1 Å². The summed E-state index contributed by atoms with van der Waals surface area (Å²) in [6.45, 7) is 7.50. The Kier molecular flexibility index (Phi) is 9.26. The van der Waals surface area contributed by atoms with E-state index in [-0.39, 0.29) is 29.8 Å². The van der Waals surface area contributed by atoms with Crippen molar-refractivity contribution in [3.05, 3.63) is 48.3 Å². The van der Waals surface area contributed by atoms with Gasteiger partial charge in [-0.05, 0) is 24.6 Å². The highest BCUT2D eigenvalue weighted by Gasteiger charge is 1.97. The second kappa shape index (κ2) is 9.87. The zero-order valence-corrected chi connectivity index (χ0v) is 12.8. The molecular weight excluding hydrogens is 344 g/mol. The molecular formula is C13H19FIN3. The van der Waals surface area contributed by atoms with Gasteiger partial charge >= 0.3 is 0 Å². The molecule has 0 saturated carbocycles. The second-order valence-electron chi connectivity index (χ2n) is 3.49. The Morgan fingerprint density at radius 1 is 1.44 bits per heavy atom. The van der Waals surface area contributed by atoms with E-state index in [4.69, 9.17) is 0 Å². The summed E-state index contributed by atoms with van der Waals surface area (Å²) in [5, 5.41) is 6.18. The summed E-state index contributed by atoms with van der Waals surface area (Å²) in [6, 6.07) is 6.45. The highest BCUT2D eigenvalue weighted by molar-refractivity contribution is 14.0. The molecule has 1 aromatic carbocycles. The van der Waals surface area contributed by atoms with Gasteiger partial charge in [-0.2, -0.15) is 0 Å². The van der Waals surface area contributed by atoms with Crippen LogP contribution in [-0.2, 0) is 6.54 Å². The summed E-state index contributed by atoms with van der Waals surface area (Å²) >= 11 is 0. The Hall–Kier alpha value is -1.11. The van der Waals surface area contributed by atoms with Gasteiger partial charge in [0.05, 0.1) is 6.54 Å². The fraction of sp³-hybridized carbons (Fsp3) is 0.308. The lowest BCUT2D eigenvalue weighted by molar-refractivity contribution is 0.625. The number of nitrogens with one attached hydrogen (secondary N) is 2. The van der Waals surface area contributed by atoms with Crippen LogP contribution in [0.5, 0.6) is 0 Å². The lowest BCUT2D eigenvalue weighted by Gasteiger charge is -2.09. The van der Waals surface area contributed by atoms with Crippen LogP contribution in [-0.4, -0.2) is 19.0 Å². The molecule has 0 spiro atoms. The molecule has 0 saturated heterocycles. The summed E-state index contributed by atoms with van der Waals surface area (Å²) in [5.74, 6) is 0.471. The first-order valence-electron chi connectivity index (χ1n) is 5.63. The van der Waals surface area contributed by atoms with Gasteiger partial charge in [-0.1, -0.05) is 18.2 Å². The molecule has 0 aliphatic rings. The van der Waals surface area contributed by atoms with E-state index in [9.17, 15) is 4.39 Å². The van der Waals surface area contributed by atoms with E-state index >= 15 is 0 Å². The minimum Gasteiger partial charge on any atom is -0.357 e. The molecule has 0 aliphatic carbocycles. The summed E-state index contributed by atoms with van der Waals surface area (Å²) in [7, 11) is 0. The molecule has 3 nitrogen and oxygen atoms in total. The van der Waals surface area contributed by atoms with Crippen LogP contribution in [0.2, 0.25) is 0 Å². The normalized spacial score (nSPS) is 10.4. The molecule has 2 N–H and O–H groups in total. The van der Waals surface area contributed by atoms with Crippen LogP contribution in [0.1, 0.15) is 12.5 Å². The van der Waals surface area contributed by atoms with Gasteiger partial charge in [-0.15, -0.1) is 30.6 Å². The lowest BCUT2D eigenvalue weighted by Crippen LogP contribution is -2.37. The minimum atomic E-state index is -0.234. The van der Waals surface area contributed by atoms with Gasteiger partial charge in [0.1, 0.15) is 5.82 Å². The molecule has 0 aliphatic heterocycles. The number of hydrogen-bond acceptors (Lipinski definition) is 1. The van der Waals surface area contributed by atoms with Gasteiger partial charge in [-0.3, -0.25) is 0 Å². The first-order chi connectivity index (χ1) is 8.26. The number of halogens is 2. The van der Waals surface area contributed by atoms with Crippen LogP contribution in [0.4, 0.5) is 4.39 Å². The number of hydrogen-bond donors (Lipinski definition) is 2. The quantitative estimate of drug-likeness (QED) is 0.365. The molecule has 0 bridgehead atoms. The fourth-order valence-corrected chi connectivity index (χ4v) is 1.32. The molecule has 0 radical (unpaired) electrons. The van der Waals surface area contributed by atoms with Crippen molar-refractivity contribution in [1.82, 2.24) is 10.6 Å². The molecule has 0 unspecified atom stereocenters. The van der Waals surface area contributed by atoms with E-state index < -0.39 is 0 Å². The molecule has 0 amide bonds.